The van der Waals surface area contributed by atoms with Crippen molar-refractivity contribution >= 4 is 38.6 Å². The first-order valence-corrected chi connectivity index (χ1v) is 6.67. The maximum atomic E-state index is 11.6. The van der Waals surface area contributed by atoms with E-state index in [4.69, 9.17) is 4.74 Å². The Kier molecular flexibility index (Phi) is 3.81. The van der Waals surface area contributed by atoms with Crippen LogP contribution in [0.4, 0.5) is 0 Å². The van der Waals surface area contributed by atoms with Gasteiger partial charge in [0.1, 0.15) is 5.69 Å². The van der Waals surface area contributed by atoms with Crippen molar-refractivity contribution in [2.45, 2.75) is 6.92 Å². The van der Waals surface area contributed by atoms with E-state index in [0.717, 1.165) is 10.9 Å². The molecule has 0 atom stereocenters. The Labute approximate surface area is 112 Å². The number of esters is 1. The minimum atomic E-state index is -0.387. The molecule has 0 saturated carbocycles. The summed E-state index contributed by atoms with van der Waals surface area (Å²) in [5, 5.41) is 1.16. The normalized spacial score (nSPS) is 10.6. The highest BCUT2D eigenvalue weighted by molar-refractivity contribution is 9.09. The molecule has 4 nitrogen and oxygen atoms in total. The average molecular weight is 310 g/mol. The van der Waals surface area contributed by atoms with Gasteiger partial charge in [0.25, 0.3) is 0 Å². The van der Waals surface area contributed by atoms with Gasteiger partial charge in [-0.25, -0.2) is 4.79 Å². The fraction of sp³-hybridized carbons (Fsp3) is 0.231. The first kappa shape index (κ1) is 12.8. The van der Waals surface area contributed by atoms with Crippen LogP contribution in [0.2, 0.25) is 0 Å². The van der Waals surface area contributed by atoms with E-state index in [1.807, 2.05) is 6.07 Å². The molecule has 1 aromatic carbocycles. The van der Waals surface area contributed by atoms with Crippen LogP contribution in [0.5, 0.6) is 0 Å². The van der Waals surface area contributed by atoms with Crippen LogP contribution in [-0.4, -0.2) is 28.7 Å². The SMILES string of the molecule is CCOC(=O)c1cc2ccc(C(=O)CBr)cc2[nH]1. The molecular weight excluding hydrogens is 298 g/mol. The lowest BCUT2D eigenvalue weighted by molar-refractivity contribution is 0.0520. The molecule has 1 N–H and O–H groups in total. The van der Waals surface area contributed by atoms with E-state index in [9.17, 15) is 9.59 Å². The quantitative estimate of drug-likeness (QED) is 0.536. The van der Waals surface area contributed by atoms with Gasteiger partial charge in [-0.05, 0) is 19.1 Å². The van der Waals surface area contributed by atoms with Gasteiger partial charge in [-0.15, -0.1) is 0 Å². The topological polar surface area (TPSA) is 59.2 Å². The van der Waals surface area contributed by atoms with Crippen molar-refractivity contribution in [2.75, 3.05) is 11.9 Å². The number of benzene rings is 1. The minimum Gasteiger partial charge on any atom is -0.461 e. The number of aromatic nitrogens is 1. The van der Waals surface area contributed by atoms with E-state index < -0.39 is 0 Å². The number of rotatable bonds is 4. The van der Waals surface area contributed by atoms with Crippen LogP contribution in [0.1, 0.15) is 27.8 Å². The summed E-state index contributed by atoms with van der Waals surface area (Å²) in [5.41, 5.74) is 1.76. The van der Waals surface area contributed by atoms with Gasteiger partial charge in [-0.2, -0.15) is 0 Å². The summed E-state index contributed by atoms with van der Waals surface area (Å²) in [6.07, 6.45) is 0. The molecule has 94 valence electrons. The second kappa shape index (κ2) is 5.35. The number of H-pyrrole nitrogens is 1. The lowest BCUT2D eigenvalue weighted by atomic mass is 10.1. The highest BCUT2D eigenvalue weighted by Gasteiger charge is 2.11. The maximum absolute atomic E-state index is 11.6. The van der Waals surface area contributed by atoms with Crippen molar-refractivity contribution in [2.24, 2.45) is 0 Å². The molecule has 0 aliphatic carbocycles. The van der Waals surface area contributed by atoms with E-state index in [1.165, 1.54) is 0 Å². The zero-order valence-corrected chi connectivity index (χ0v) is 11.4. The monoisotopic (exact) mass is 309 g/mol. The van der Waals surface area contributed by atoms with E-state index in [-0.39, 0.29) is 17.1 Å². The Bertz CT molecular complexity index is 603. The van der Waals surface area contributed by atoms with Gasteiger partial charge in [0, 0.05) is 16.5 Å². The van der Waals surface area contributed by atoms with Gasteiger partial charge in [-0.3, -0.25) is 4.79 Å². The Morgan fingerprint density at radius 1 is 1.33 bits per heavy atom. The molecule has 0 amide bonds. The molecular formula is C13H12BrNO3. The van der Waals surface area contributed by atoms with Crippen molar-refractivity contribution in [1.29, 1.82) is 0 Å². The second-order valence-electron chi connectivity index (χ2n) is 3.76. The van der Waals surface area contributed by atoms with E-state index >= 15 is 0 Å². The van der Waals surface area contributed by atoms with Gasteiger partial charge < -0.3 is 9.72 Å². The molecule has 18 heavy (non-hydrogen) atoms. The van der Waals surface area contributed by atoms with E-state index in [2.05, 4.69) is 20.9 Å². The molecule has 0 bridgehead atoms. The molecule has 0 aliphatic rings. The Morgan fingerprint density at radius 3 is 2.78 bits per heavy atom. The van der Waals surface area contributed by atoms with Crippen molar-refractivity contribution in [3.05, 3.63) is 35.5 Å². The number of hydrogen-bond donors (Lipinski definition) is 1. The standard InChI is InChI=1S/C13H12BrNO3/c1-2-18-13(17)11-5-8-3-4-9(12(16)7-14)6-10(8)15-11/h3-6,15H,2,7H2,1H3. The number of fused-ring (bicyclic) bond motifs is 1. The van der Waals surface area contributed by atoms with Crippen LogP contribution >= 0.6 is 15.9 Å². The molecule has 0 aliphatic heterocycles. The Hall–Kier alpha value is -1.62. The van der Waals surface area contributed by atoms with Crippen LogP contribution < -0.4 is 0 Å². The predicted octanol–water partition coefficient (Wildman–Crippen LogP) is 2.92. The average Bonchev–Trinajstić information content (AvgIpc) is 2.80. The highest BCUT2D eigenvalue weighted by atomic mass is 79.9. The molecule has 0 unspecified atom stereocenters. The largest absolute Gasteiger partial charge is 0.461 e. The van der Waals surface area contributed by atoms with Crippen LogP contribution in [0.25, 0.3) is 10.9 Å². The summed E-state index contributed by atoms with van der Waals surface area (Å²) in [6.45, 7) is 2.09. The van der Waals surface area contributed by atoms with E-state index in [1.54, 1.807) is 25.1 Å². The number of carbonyl (C=O) groups excluding carboxylic acids is 2. The third-order valence-electron chi connectivity index (χ3n) is 2.56. The molecule has 1 heterocycles. The second-order valence-corrected chi connectivity index (χ2v) is 4.32. The van der Waals surface area contributed by atoms with Gasteiger partial charge in [0.05, 0.1) is 11.9 Å². The van der Waals surface area contributed by atoms with E-state index in [0.29, 0.717) is 17.9 Å². The molecule has 2 rings (SSSR count). The number of hydrogen-bond acceptors (Lipinski definition) is 3. The number of alkyl halides is 1. The first-order chi connectivity index (χ1) is 8.65. The zero-order chi connectivity index (χ0) is 13.1. The van der Waals surface area contributed by atoms with Gasteiger partial charge in [0.15, 0.2) is 5.78 Å². The zero-order valence-electron chi connectivity index (χ0n) is 9.83. The number of halogens is 1. The molecule has 0 radical (unpaired) electrons. The Morgan fingerprint density at radius 2 is 2.11 bits per heavy atom. The lowest BCUT2D eigenvalue weighted by Crippen LogP contribution is -2.04. The number of carbonyl (C=O) groups is 2. The lowest BCUT2D eigenvalue weighted by Gasteiger charge is -1.97. The van der Waals surface area contributed by atoms with Crippen molar-refractivity contribution in [3.8, 4) is 0 Å². The summed E-state index contributed by atoms with van der Waals surface area (Å²) < 4.78 is 4.91. The number of ketones is 1. The molecule has 0 saturated heterocycles. The number of aromatic amines is 1. The predicted molar refractivity (Wildman–Crippen MR) is 72.4 cm³/mol. The van der Waals surface area contributed by atoms with Crippen LogP contribution in [0, 0.1) is 0 Å². The highest BCUT2D eigenvalue weighted by Crippen LogP contribution is 2.18. The summed E-state index contributed by atoms with van der Waals surface area (Å²) in [7, 11) is 0. The summed E-state index contributed by atoms with van der Waals surface area (Å²) >= 11 is 3.13. The first-order valence-electron chi connectivity index (χ1n) is 5.54. The number of nitrogens with one attached hydrogen (secondary N) is 1. The van der Waals surface area contributed by atoms with Crippen molar-refractivity contribution < 1.29 is 14.3 Å². The molecule has 5 heteroatoms. The van der Waals surface area contributed by atoms with Crippen LogP contribution in [0.3, 0.4) is 0 Å². The van der Waals surface area contributed by atoms with Gasteiger partial charge in [0.2, 0.25) is 0 Å². The minimum absolute atomic E-state index is 0.00387. The summed E-state index contributed by atoms with van der Waals surface area (Å²) in [6, 6.07) is 7.01. The molecule has 2 aromatic rings. The number of ether oxygens (including phenoxy) is 1. The van der Waals surface area contributed by atoms with Crippen molar-refractivity contribution in [1.82, 2.24) is 4.98 Å². The summed E-state index contributed by atoms with van der Waals surface area (Å²) in [5.74, 6) is -0.383. The maximum Gasteiger partial charge on any atom is 0.354 e. The third-order valence-corrected chi connectivity index (χ3v) is 3.07. The smallest absolute Gasteiger partial charge is 0.354 e. The van der Waals surface area contributed by atoms with Gasteiger partial charge in [-0.1, -0.05) is 28.1 Å². The Balaban J connectivity index is 2.39. The van der Waals surface area contributed by atoms with Crippen molar-refractivity contribution in [3.63, 3.8) is 0 Å². The fourth-order valence-corrected chi connectivity index (χ4v) is 2.02. The van der Waals surface area contributed by atoms with Gasteiger partial charge >= 0.3 is 5.97 Å². The molecule has 0 fully saturated rings. The third kappa shape index (κ3) is 2.46. The molecule has 0 spiro atoms. The number of Topliss-reactive ketones (excluding diaryl/α,β-unsaturated/α-hetero) is 1. The van der Waals surface area contributed by atoms with Crippen LogP contribution in [-0.2, 0) is 4.74 Å². The molecule has 1 aromatic heterocycles. The van der Waals surface area contributed by atoms with Crippen LogP contribution in [0.15, 0.2) is 24.3 Å². The fourth-order valence-electron chi connectivity index (χ4n) is 1.70. The summed E-state index contributed by atoms with van der Waals surface area (Å²) in [4.78, 5) is 26.1.